The molecule has 116 valence electrons. The van der Waals surface area contributed by atoms with Crippen LogP contribution in [0, 0.1) is 11.8 Å². The van der Waals surface area contributed by atoms with Crippen molar-refractivity contribution in [3.05, 3.63) is 11.9 Å². The largest absolute Gasteiger partial charge is 0.374 e. The number of hydrogen-bond acceptors (Lipinski definition) is 6. The number of anilines is 2. The molecule has 0 unspecified atom stereocenters. The van der Waals surface area contributed by atoms with E-state index in [1.807, 2.05) is 13.0 Å². The maximum atomic E-state index is 5.54. The number of rotatable bonds is 9. The van der Waals surface area contributed by atoms with E-state index in [0.717, 1.165) is 30.7 Å². The van der Waals surface area contributed by atoms with Crippen LogP contribution in [0.2, 0.25) is 0 Å². The molecule has 1 heterocycles. The van der Waals surface area contributed by atoms with Gasteiger partial charge in [0.25, 0.3) is 0 Å². The molecule has 3 rings (SSSR count). The van der Waals surface area contributed by atoms with Crippen LogP contribution in [0.4, 0.5) is 11.6 Å². The summed E-state index contributed by atoms with van der Waals surface area (Å²) >= 11 is 0. The molecule has 6 heteroatoms. The zero-order valence-electron chi connectivity index (χ0n) is 12.7. The lowest BCUT2D eigenvalue weighted by molar-refractivity contribution is 0.128. The van der Waals surface area contributed by atoms with Gasteiger partial charge in [-0.15, -0.1) is 0 Å². The van der Waals surface area contributed by atoms with E-state index in [0.29, 0.717) is 24.9 Å². The van der Waals surface area contributed by atoms with Gasteiger partial charge in [0.15, 0.2) is 5.82 Å². The van der Waals surface area contributed by atoms with Crippen molar-refractivity contribution < 1.29 is 4.74 Å². The van der Waals surface area contributed by atoms with Crippen LogP contribution in [0.1, 0.15) is 38.4 Å². The first-order valence-corrected chi connectivity index (χ1v) is 7.95. The van der Waals surface area contributed by atoms with Crippen LogP contribution in [0.25, 0.3) is 0 Å². The molecule has 0 radical (unpaired) electrons. The Balaban J connectivity index is 1.77. The summed E-state index contributed by atoms with van der Waals surface area (Å²) in [6, 6.07) is 1.94. The van der Waals surface area contributed by atoms with Gasteiger partial charge in [-0.3, -0.25) is 0 Å². The molecule has 3 N–H and O–H groups in total. The lowest BCUT2D eigenvalue weighted by Crippen LogP contribution is -2.29. The quantitative estimate of drug-likeness (QED) is 0.535. The number of hydrogen-bond donors (Lipinski definition) is 2. The Labute approximate surface area is 126 Å². The SMILES string of the molecule is CCOCc1nc(NN)cc(N(CC2CC2)CC2CC2)n1. The van der Waals surface area contributed by atoms with E-state index in [-0.39, 0.29) is 0 Å². The molecule has 21 heavy (non-hydrogen) atoms. The highest BCUT2D eigenvalue weighted by Gasteiger charge is 2.30. The maximum absolute atomic E-state index is 5.54. The summed E-state index contributed by atoms with van der Waals surface area (Å²) in [5.74, 6) is 9.55. The highest BCUT2D eigenvalue weighted by atomic mass is 16.5. The summed E-state index contributed by atoms with van der Waals surface area (Å²) in [5, 5.41) is 0. The van der Waals surface area contributed by atoms with Crippen molar-refractivity contribution in [1.29, 1.82) is 0 Å². The predicted molar refractivity (Wildman–Crippen MR) is 82.8 cm³/mol. The van der Waals surface area contributed by atoms with Crippen molar-refractivity contribution in [2.24, 2.45) is 17.7 Å². The first kappa shape index (κ1) is 14.5. The molecule has 2 fully saturated rings. The van der Waals surface area contributed by atoms with E-state index < -0.39 is 0 Å². The Morgan fingerprint density at radius 1 is 1.24 bits per heavy atom. The van der Waals surface area contributed by atoms with Crippen molar-refractivity contribution in [3.63, 3.8) is 0 Å². The van der Waals surface area contributed by atoms with Crippen molar-refractivity contribution in [1.82, 2.24) is 9.97 Å². The van der Waals surface area contributed by atoms with Gasteiger partial charge in [0.2, 0.25) is 0 Å². The minimum atomic E-state index is 0.430. The fourth-order valence-electron chi connectivity index (χ4n) is 2.46. The van der Waals surface area contributed by atoms with E-state index >= 15 is 0 Å². The molecule has 0 saturated heterocycles. The van der Waals surface area contributed by atoms with E-state index in [1.54, 1.807) is 0 Å². The summed E-state index contributed by atoms with van der Waals surface area (Å²) < 4.78 is 5.43. The average Bonchev–Trinajstić information content (AvgIpc) is 3.39. The van der Waals surface area contributed by atoms with Crippen LogP contribution in [-0.4, -0.2) is 29.7 Å². The number of nitrogens with two attached hydrogens (primary N) is 1. The smallest absolute Gasteiger partial charge is 0.158 e. The van der Waals surface area contributed by atoms with Crippen LogP contribution in [-0.2, 0) is 11.3 Å². The molecular formula is C15H25N5O. The third-order valence-electron chi connectivity index (χ3n) is 4.02. The van der Waals surface area contributed by atoms with Crippen molar-refractivity contribution >= 4 is 11.6 Å². The Bertz CT molecular complexity index is 459. The number of nitrogen functional groups attached to an aromatic ring is 1. The highest BCUT2D eigenvalue weighted by molar-refractivity contribution is 5.49. The lowest BCUT2D eigenvalue weighted by atomic mass is 10.3. The maximum Gasteiger partial charge on any atom is 0.158 e. The molecule has 0 aromatic carbocycles. The summed E-state index contributed by atoms with van der Waals surface area (Å²) in [5.41, 5.74) is 2.64. The molecule has 0 aliphatic heterocycles. The third-order valence-corrected chi connectivity index (χ3v) is 4.02. The Morgan fingerprint density at radius 2 is 1.90 bits per heavy atom. The Morgan fingerprint density at radius 3 is 2.43 bits per heavy atom. The standard InChI is InChI=1S/C15H25N5O/c1-2-21-10-14-17-13(19-16)7-15(18-14)20(8-11-3-4-11)9-12-5-6-12/h7,11-12H,2-6,8-10,16H2,1H3,(H,17,18,19). The average molecular weight is 291 g/mol. The summed E-state index contributed by atoms with van der Waals surface area (Å²) in [4.78, 5) is 11.4. The van der Waals surface area contributed by atoms with Crippen molar-refractivity contribution in [3.8, 4) is 0 Å². The zero-order valence-corrected chi connectivity index (χ0v) is 12.7. The molecule has 0 atom stereocenters. The molecule has 6 nitrogen and oxygen atoms in total. The first-order valence-electron chi connectivity index (χ1n) is 7.95. The Kier molecular flexibility index (Phi) is 4.55. The second-order valence-corrected chi connectivity index (χ2v) is 6.10. The van der Waals surface area contributed by atoms with Gasteiger partial charge in [-0.05, 0) is 44.4 Å². The molecule has 2 aliphatic rings. The van der Waals surface area contributed by atoms with Gasteiger partial charge < -0.3 is 15.1 Å². The Hall–Kier alpha value is -1.40. The fraction of sp³-hybridized carbons (Fsp3) is 0.733. The van der Waals surface area contributed by atoms with Crippen molar-refractivity contribution in [2.75, 3.05) is 30.0 Å². The van der Waals surface area contributed by atoms with Gasteiger partial charge in [-0.2, -0.15) is 0 Å². The van der Waals surface area contributed by atoms with Crippen LogP contribution < -0.4 is 16.2 Å². The normalized spacial score (nSPS) is 17.8. The minimum absolute atomic E-state index is 0.430. The van der Waals surface area contributed by atoms with E-state index in [4.69, 9.17) is 10.6 Å². The molecular weight excluding hydrogens is 266 g/mol. The van der Waals surface area contributed by atoms with Crippen LogP contribution in [0.3, 0.4) is 0 Å². The molecule has 1 aromatic rings. The third kappa shape index (κ3) is 4.28. The summed E-state index contributed by atoms with van der Waals surface area (Å²) in [6.45, 7) is 5.27. The predicted octanol–water partition coefficient (Wildman–Crippen LogP) is 1.93. The van der Waals surface area contributed by atoms with Crippen LogP contribution >= 0.6 is 0 Å². The second kappa shape index (κ2) is 6.58. The van der Waals surface area contributed by atoms with Gasteiger partial charge in [0.05, 0.1) is 0 Å². The first-order chi connectivity index (χ1) is 10.3. The topological polar surface area (TPSA) is 76.3 Å². The number of hydrazine groups is 1. The monoisotopic (exact) mass is 291 g/mol. The van der Waals surface area contributed by atoms with E-state index in [9.17, 15) is 0 Å². The summed E-state index contributed by atoms with van der Waals surface area (Å²) in [7, 11) is 0. The molecule has 1 aromatic heterocycles. The number of aromatic nitrogens is 2. The number of nitrogens with one attached hydrogen (secondary N) is 1. The van der Waals surface area contributed by atoms with Gasteiger partial charge in [0, 0.05) is 25.8 Å². The van der Waals surface area contributed by atoms with Gasteiger partial charge in [-0.1, -0.05) is 0 Å². The van der Waals surface area contributed by atoms with Gasteiger partial charge >= 0.3 is 0 Å². The van der Waals surface area contributed by atoms with Gasteiger partial charge in [0.1, 0.15) is 18.2 Å². The van der Waals surface area contributed by atoms with E-state index in [2.05, 4.69) is 20.3 Å². The summed E-state index contributed by atoms with van der Waals surface area (Å²) in [6.07, 6.45) is 5.39. The molecule has 0 spiro atoms. The van der Waals surface area contributed by atoms with Gasteiger partial charge in [-0.25, -0.2) is 15.8 Å². The molecule has 2 saturated carbocycles. The van der Waals surface area contributed by atoms with E-state index in [1.165, 1.54) is 25.7 Å². The zero-order chi connectivity index (χ0) is 14.7. The highest BCUT2D eigenvalue weighted by Crippen LogP contribution is 2.35. The fourth-order valence-corrected chi connectivity index (χ4v) is 2.46. The number of ether oxygens (including phenoxy) is 1. The second-order valence-electron chi connectivity index (χ2n) is 6.10. The molecule has 2 aliphatic carbocycles. The van der Waals surface area contributed by atoms with Crippen LogP contribution in [0.15, 0.2) is 6.07 Å². The van der Waals surface area contributed by atoms with Crippen molar-refractivity contribution in [2.45, 2.75) is 39.2 Å². The lowest BCUT2D eigenvalue weighted by Gasteiger charge is -2.24. The molecule has 0 amide bonds. The number of nitrogens with zero attached hydrogens (tertiary/aromatic N) is 3. The molecule has 0 bridgehead atoms. The minimum Gasteiger partial charge on any atom is -0.374 e. The van der Waals surface area contributed by atoms with Crippen LogP contribution in [0.5, 0.6) is 0 Å².